The average Bonchev–Trinajstić information content (AvgIpc) is 3.13. The number of nitrogens with zero attached hydrogens (tertiary/aromatic N) is 2. The van der Waals surface area contributed by atoms with Crippen LogP contribution >= 0.6 is 0 Å². The van der Waals surface area contributed by atoms with Crippen LogP contribution < -0.4 is 5.32 Å². The normalized spacial score (nSPS) is 14.9. The van der Waals surface area contributed by atoms with Crippen molar-refractivity contribution in [3.63, 3.8) is 0 Å². The van der Waals surface area contributed by atoms with Crippen molar-refractivity contribution < 1.29 is 19.1 Å². The van der Waals surface area contributed by atoms with Crippen LogP contribution in [-0.4, -0.2) is 41.4 Å². The van der Waals surface area contributed by atoms with Crippen LogP contribution in [0.25, 0.3) is 5.88 Å². The summed E-state index contributed by atoms with van der Waals surface area (Å²) in [4.78, 5) is 12.4. The lowest BCUT2D eigenvalue weighted by Crippen LogP contribution is -2.35. The van der Waals surface area contributed by atoms with Crippen molar-refractivity contribution in [3.05, 3.63) is 41.4 Å². The highest BCUT2D eigenvalue weighted by atomic mass is 16.5. The molecule has 0 radical (unpaired) electrons. The van der Waals surface area contributed by atoms with Crippen LogP contribution in [-0.2, 0) is 4.74 Å². The van der Waals surface area contributed by atoms with Gasteiger partial charge in [-0.25, -0.2) is 0 Å². The van der Waals surface area contributed by atoms with Gasteiger partial charge in [0.1, 0.15) is 23.0 Å². The molecule has 1 aliphatic carbocycles. The van der Waals surface area contributed by atoms with Gasteiger partial charge in [-0.2, -0.15) is 5.26 Å². The second kappa shape index (κ2) is 7.55. The quantitative estimate of drug-likeness (QED) is 0.761. The molecular formula is C18H21N3O4. The van der Waals surface area contributed by atoms with Gasteiger partial charge in [-0.05, 0) is 37.8 Å². The minimum absolute atomic E-state index is 0.0534. The lowest BCUT2D eigenvalue weighted by Gasteiger charge is -2.12. The number of carbonyl (C=O) groups is 1. The van der Waals surface area contributed by atoms with Crippen molar-refractivity contribution in [2.24, 2.45) is 5.92 Å². The zero-order valence-electron chi connectivity index (χ0n) is 14.1. The van der Waals surface area contributed by atoms with Crippen molar-refractivity contribution in [2.45, 2.75) is 25.9 Å². The SMILES string of the molecule is Cc1oc(-n2cccc2)c(C#N)c1C(=O)NCC(O)COCC1CC1. The van der Waals surface area contributed by atoms with E-state index in [0.29, 0.717) is 24.2 Å². The van der Waals surface area contributed by atoms with Crippen LogP contribution in [0.3, 0.4) is 0 Å². The number of nitriles is 1. The van der Waals surface area contributed by atoms with Crippen molar-refractivity contribution in [2.75, 3.05) is 19.8 Å². The van der Waals surface area contributed by atoms with Crippen LogP contribution in [0.5, 0.6) is 0 Å². The van der Waals surface area contributed by atoms with Gasteiger partial charge in [-0.15, -0.1) is 0 Å². The fraction of sp³-hybridized carbons (Fsp3) is 0.444. The molecule has 2 aromatic heterocycles. The van der Waals surface area contributed by atoms with E-state index < -0.39 is 12.0 Å². The number of ether oxygens (including phenoxy) is 1. The maximum absolute atomic E-state index is 12.4. The molecule has 0 spiro atoms. The summed E-state index contributed by atoms with van der Waals surface area (Å²) >= 11 is 0. The predicted molar refractivity (Wildman–Crippen MR) is 89.4 cm³/mol. The molecule has 25 heavy (non-hydrogen) atoms. The standard InChI is InChI=1S/C18H21N3O4/c1-12-16(15(8-19)18(25-12)21-6-2-3-7-21)17(23)20-9-14(22)11-24-10-13-4-5-13/h2-3,6-7,13-14,22H,4-5,9-11H2,1H3,(H,20,23). The zero-order valence-corrected chi connectivity index (χ0v) is 14.1. The van der Waals surface area contributed by atoms with Crippen LogP contribution in [0.1, 0.15) is 34.5 Å². The van der Waals surface area contributed by atoms with E-state index >= 15 is 0 Å². The number of aromatic nitrogens is 1. The Hall–Kier alpha value is -2.56. The number of carbonyl (C=O) groups excluding carboxylic acids is 1. The smallest absolute Gasteiger partial charge is 0.256 e. The molecule has 1 atom stereocenters. The molecule has 7 nitrogen and oxygen atoms in total. The van der Waals surface area contributed by atoms with Gasteiger partial charge in [0.15, 0.2) is 0 Å². The number of rotatable bonds is 8. The van der Waals surface area contributed by atoms with Gasteiger partial charge >= 0.3 is 0 Å². The van der Waals surface area contributed by atoms with Gasteiger partial charge in [-0.3, -0.25) is 9.36 Å². The van der Waals surface area contributed by atoms with Gasteiger partial charge in [-0.1, -0.05) is 0 Å². The highest BCUT2D eigenvalue weighted by Crippen LogP contribution is 2.28. The molecule has 1 saturated carbocycles. The van der Waals surface area contributed by atoms with Crippen LogP contribution in [0.4, 0.5) is 0 Å². The molecule has 132 valence electrons. The summed E-state index contributed by atoms with van der Waals surface area (Å²) in [6, 6.07) is 5.64. The molecule has 1 aliphatic rings. The molecule has 3 rings (SSSR count). The Morgan fingerprint density at radius 3 is 2.88 bits per heavy atom. The second-order valence-electron chi connectivity index (χ2n) is 6.26. The molecule has 0 bridgehead atoms. The van der Waals surface area contributed by atoms with Crippen LogP contribution in [0.15, 0.2) is 28.9 Å². The largest absolute Gasteiger partial charge is 0.443 e. The van der Waals surface area contributed by atoms with Crippen molar-refractivity contribution in [1.29, 1.82) is 5.26 Å². The summed E-state index contributed by atoms with van der Waals surface area (Å²) in [5.74, 6) is 0.846. The lowest BCUT2D eigenvalue weighted by molar-refractivity contribution is 0.0320. The van der Waals surface area contributed by atoms with E-state index in [2.05, 4.69) is 5.32 Å². The Kier molecular flexibility index (Phi) is 5.22. The van der Waals surface area contributed by atoms with E-state index in [1.54, 1.807) is 36.0 Å². The summed E-state index contributed by atoms with van der Waals surface area (Å²) in [5, 5.41) is 22.0. The molecule has 1 unspecified atom stereocenters. The summed E-state index contributed by atoms with van der Waals surface area (Å²) in [6.45, 7) is 2.53. The highest BCUT2D eigenvalue weighted by molar-refractivity contribution is 5.98. The predicted octanol–water partition coefficient (Wildman–Crippen LogP) is 1.77. The monoisotopic (exact) mass is 343 g/mol. The Morgan fingerprint density at radius 2 is 2.24 bits per heavy atom. The van der Waals surface area contributed by atoms with Gasteiger partial charge in [0.25, 0.3) is 5.91 Å². The molecule has 7 heteroatoms. The molecule has 1 fully saturated rings. The minimum Gasteiger partial charge on any atom is -0.443 e. The molecule has 2 heterocycles. The number of hydrogen-bond donors (Lipinski definition) is 2. The minimum atomic E-state index is -0.788. The molecule has 2 N–H and O–H groups in total. The van der Waals surface area contributed by atoms with Crippen molar-refractivity contribution >= 4 is 5.91 Å². The summed E-state index contributed by atoms with van der Waals surface area (Å²) in [7, 11) is 0. The first-order chi connectivity index (χ1) is 12.1. The third-order valence-electron chi connectivity index (χ3n) is 4.10. The van der Waals surface area contributed by atoms with Gasteiger partial charge in [0, 0.05) is 25.5 Å². The topological polar surface area (TPSA) is 100 Å². The summed E-state index contributed by atoms with van der Waals surface area (Å²) in [6.07, 6.45) is 5.06. The number of aliphatic hydroxyl groups is 1. The van der Waals surface area contributed by atoms with E-state index in [1.165, 1.54) is 12.8 Å². The Labute approximate surface area is 145 Å². The number of hydrogen-bond acceptors (Lipinski definition) is 5. The fourth-order valence-corrected chi connectivity index (χ4v) is 2.57. The zero-order chi connectivity index (χ0) is 17.8. The number of nitrogens with one attached hydrogen (secondary N) is 1. The molecular weight excluding hydrogens is 322 g/mol. The Morgan fingerprint density at radius 1 is 1.52 bits per heavy atom. The van der Waals surface area contributed by atoms with E-state index in [1.807, 2.05) is 6.07 Å². The maximum Gasteiger partial charge on any atom is 0.256 e. The van der Waals surface area contributed by atoms with Gasteiger partial charge in [0.2, 0.25) is 5.88 Å². The first-order valence-corrected chi connectivity index (χ1v) is 8.31. The Balaban J connectivity index is 1.62. The fourth-order valence-electron chi connectivity index (χ4n) is 2.57. The van der Waals surface area contributed by atoms with E-state index in [4.69, 9.17) is 9.15 Å². The number of aliphatic hydroxyl groups excluding tert-OH is 1. The third-order valence-corrected chi connectivity index (χ3v) is 4.10. The molecule has 2 aromatic rings. The summed E-state index contributed by atoms with van der Waals surface area (Å²) < 4.78 is 12.6. The lowest BCUT2D eigenvalue weighted by atomic mass is 10.1. The molecule has 0 saturated heterocycles. The highest BCUT2D eigenvalue weighted by Gasteiger charge is 2.25. The molecule has 0 aliphatic heterocycles. The first kappa shape index (κ1) is 17.3. The van der Waals surface area contributed by atoms with Crippen LogP contribution in [0.2, 0.25) is 0 Å². The van der Waals surface area contributed by atoms with Crippen molar-refractivity contribution in [3.8, 4) is 12.0 Å². The third kappa shape index (κ3) is 4.10. The van der Waals surface area contributed by atoms with E-state index in [-0.39, 0.29) is 24.3 Å². The van der Waals surface area contributed by atoms with E-state index in [9.17, 15) is 15.2 Å². The summed E-state index contributed by atoms with van der Waals surface area (Å²) in [5.41, 5.74) is 0.364. The van der Waals surface area contributed by atoms with Gasteiger partial charge < -0.3 is 19.6 Å². The molecule has 0 aromatic carbocycles. The number of aryl methyl sites for hydroxylation is 1. The van der Waals surface area contributed by atoms with Crippen molar-refractivity contribution in [1.82, 2.24) is 9.88 Å². The number of amides is 1. The van der Waals surface area contributed by atoms with Gasteiger partial charge in [0.05, 0.1) is 12.7 Å². The average molecular weight is 343 g/mol. The maximum atomic E-state index is 12.4. The number of furan rings is 1. The Bertz CT molecular complexity index is 769. The van der Waals surface area contributed by atoms with E-state index in [0.717, 1.165) is 0 Å². The van der Waals surface area contributed by atoms with Crippen LogP contribution in [0, 0.1) is 24.2 Å². The second-order valence-corrected chi connectivity index (χ2v) is 6.26. The first-order valence-electron chi connectivity index (χ1n) is 8.31. The molecule has 1 amide bonds.